The van der Waals surface area contributed by atoms with Gasteiger partial charge in [0.25, 0.3) is 0 Å². The molecule has 2 aromatic carbocycles. The maximum absolute atomic E-state index is 13.6. The minimum atomic E-state index is -0.952. The lowest BCUT2D eigenvalue weighted by Gasteiger charge is -2.08. The number of benzene rings is 2. The molecular weight excluding hydrogens is 290 g/mol. The first-order chi connectivity index (χ1) is 9.49. The number of nitrogens with zero attached hydrogens (tertiary/aromatic N) is 1. The van der Waals surface area contributed by atoms with Gasteiger partial charge in [-0.05, 0) is 12.1 Å². The van der Waals surface area contributed by atoms with Crippen molar-refractivity contribution in [1.29, 1.82) is 0 Å². The standard InChI is InChI=1S/C13H9ClF2N2O2/c14-10-3-1-2-8(13(10)16)7-17-9-4-5-12(18(19)20)11(15)6-9/h1-6,17H,7H2. The SMILES string of the molecule is O=[N+]([O-])c1ccc(NCc2cccc(Cl)c2F)cc1F. The van der Waals surface area contributed by atoms with Crippen LogP contribution >= 0.6 is 11.6 Å². The van der Waals surface area contributed by atoms with Gasteiger partial charge in [-0.3, -0.25) is 10.1 Å². The van der Waals surface area contributed by atoms with E-state index in [1.54, 1.807) is 6.07 Å². The molecule has 0 aromatic heterocycles. The molecule has 0 amide bonds. The van der Waals surface area contributed by atoms with E-state index >= 15 is 0 Å². The van der Waals surface area contributed by atoms with Gasteiger partial charge < -0.3 is 5.32 Å². The molecule has 2 aromatic rings. The molecule has 20 heavy (non-hydrogen) atoms. The van der Waals surface area contributed by atoms with Crippen LogP contribution in [0.3, 0.4) is 0 Å². The van der Waals surface area contributed by atoms with Gasteiger partial charge in [0.05, 0.1) is 9.95 Å². The topological polar surface area (TPSA) is 55.2 Å². The molecule has 0 bridgehead atoms. The molecule has 0 aliphatic carbocycles. The van der Waals surface area contributed by atoms with E-state index < -0.39 is 22.2 Å². The van der Waals surface area contributed by atoms with Crippen molar-refractivity contribution in [3.05, 3.63) is 68.7 Å². The van der Waals surface area contributed by atoms with Crippen molar-refractivity contribution in [2.24, 2.45) is 0 Å². The van der Waals surface area contributed by atoms with Crippen molar-refractivity contribution in [3.63, 3.8) is 0 Å². The zero-order valence-corrected chi connectivity index (χ0v) is 10.8. The number of nitro benzene ring substituents is 1. The van der Waals surface area contributed by atoms with E-state index in [0.29, 0.717) is 11.3 Å². The first-order valence-electron chi connectivity index (χ1n) is 5.59. The van der Waals surface area contributed by atoms with E-state index in [1.165, 1.54) is 18.2 Å². The summed E-state index contributed by atoms with van der Waals surface area (Å²) in [6.45, 7) is 0.0869. The summed E-state index contributed by atoms with van der Waals surface area (Å²) >= 11 is 5.64. The van der Waals surface area contributed by atoms with Gasteiger partial charge in [-0.25, -0.2) is 4.39 Å². The summed E-state index contributed by atoms with van der Waals surface area (Å²) in [7, 11) is 0. The third-order valence-electron chi connectivity index (χ3n) is 2.66. The molecular formula is C13H9ClF2N2O2. The summed E-state index contributed by atoms with van der Waals surface area (Å²) in [5.41, 5.74) is 0.0215. The molecule has 2 rings (SSSR count). The average Bonchev–Trinajstić information content (AvgIpc) is 2.40. The van der Waals surface area contributed by atoms with Crippen LogP contribution < -0.4 is 5.32 Å². The van der Waals surface area contributed by atoms with Crippen LogP contribution in [0.15, 0.2) is 36.4 Å². The summed E-state index contributed by atoms with van der Waals surface area (Å²) in [6.07, 6.45) is 0. The van der Waals surface area contributed by atoms with Crippen molar-refractivity contribution in [3.8, 4) is 0 Å². The second-order valence-electron chi connectivity index (χ2n) is 3.99. The second kappa shape index (κ2) is 5.83. The first kappa shape index (κ1) is 14.2. The largest absolute Gasteiger partial charge is 0.381 e. The van der Waals surface area contributed by atoms with Crippen LogP contribution in [0.1, 0.15) is 5.56 Å². The van der Waals surface area contributed by atoms with E-state index in [0.717, 1.165) is 12.1 Å². The van der Waals surface area contributed by atoms with Gasteiger partial charge in [0, 0.05) is 29.9 Å². The smallest absolute Gasteiger partial charge is 0.304 e. The van der Waals surface area contributed by atoms with Gasteiger partial charge in [-0.2, -0.15) is 4.39 Å². The number of hydrogen-bond donors (Lipinski definition) is 1. The first-order valence-corrected chi connectivity index (χ1v) is 5.97. The number of nitro groups is 1. The molecule has 0 spiro atoms. The predicted molar refractivity (Wildman–Crippen MR) is 71.8 cm³/mol. The minimum Gasteiger partial charge on any atom is -0.381 e. The van der Waals surface area contributed by atoms with Crippen LogP contribution in [-0.2, 0) is 6.54 Å². The minimum absolute atomic E-state index is 0.000759. The number of hydrogen-bond acceptors (Lipinski definition) is 3. The van der Waals surface area contributed by atoms with Crippen LogP contribution in [0.5, 0.6) is 0 Å². The van der Waals surface area contributed by atoms with E-state index in [-0.39, 0.29) is 11.6 Å². The fourth-order valence-electron chi connectivity index (χ4n) is 1.65. The Bertz CT molecular complexity index is 665. The highest BCUT2D eigenvalue weighted by Gasteiger charge is 2.14. The van der Waals surface area contributed by atoms with Crippen molar-refractivity contribution < 1.29 is 13.7 Å². The highest BCUT2D eigenvalue weighted by molar-refractivity contribution is 6.30. The molecule has 0 heterocycles. The quantitative estimate of drug-likeness (QED) is 0.682. The van der Waals surface area contributed by atoms with Crippen LogP contribution in [0.2, 0.25) is 5.02 Å². The summed E-state index contributed by atoms with van der Waals surface area (Å²) in [5.74, 6) is -1.50. The van der Waals surface area contributed by atoms with Gasteiger partial charge in [-0.15, -0.1) is 0 Å². The molecule has 0 unspecified atom stereocenters. The lowest BCUT2D eigenvalue weighted by atomic mass is 10.2. The molecule has 0 fully saturated rings. The highest BCUT2D eigenvalue weighted by Crippen LogP contribution is 2.22. The zero-order chi connectivity index (χ0) is 14.7. The summed E-state index contributed by atoms with van der Waals surface area (Å²) in [4.78, 5) is 9.67. The molecule has 0 aliphatic rings. The van der Waals surface area contributed by atoms with Gasteiger partial charge in [0.15, 0.2) is 0 Å². The third kappa shape index (κ3) is 3.03. The average molecular weight is 299 g/mol. The molecule has 4 nitrogen and oxygen atoms in total. The monoisotopic (exact) mass is 298 g/mol. The summed E-state index contributed by atoms with van der Waals surface area (Å²) < 4.78 is 27.0. The van der Waals surface area contributed by atoms with Crippen molar-refractivity contribution in [1.82, 2.24) is 0 Å². The predicted octanol–water partition coefficient (Wildman–Crippen LogP) is 4.14. The number of nitrogens with one attached hydrogen (secondary N) is 1. The van der Waals surface area contributed by atoms with Crippen molar-refractivity contribution in [2.75, 3.05) is 5.32 Å². The van der Waals surface area contributed by atoms with Gasteiger partial charge >= 0.3 is 5.69 Å². The molecule has 7 heteroatoms. The number of rotatable bonds is 4. The number of anilines is 1. The molecule has 104 valence electrons. The van der Waals surface area contributed by atoms with Gasteiger partial charge in [0.1, 0.15) is 5.82 Å². The highest BCUT2D eigenvalue weighted by atomic mass is 35.5. The number of halogens is 3. The van der Waals surface area contributed by atoms with Crippen LogP contribution in [0, 0.1) is 21.7 Å². The Kier molecular flexibility index (Phi) is 4.14. The molecule has 0 saturated carbocycles. The maximum atomic E-state index is 13.6. The van der Waals surface area contributed by atoms with E-state index in [2.05, 4.69) is 5.32 Å². The summed E-state index contributed by atoms with van der Waals surface area (Å²) in [6, 6.07) is 7.94. The van der Waals surface area contributed by atoms with Crippen LogP contribution in [-0.4, -0.2) is 4.92 Å². The van der Waals surface area contributed by atoms with E-state index in [4.69, 9.17) is 11.6 Å². The Labute approximate surface area is 118 Å². The fraction of sp³-hybridized carbons (Fsp3) is 0.0769. The molecule has 1 N–H and O–H groups in total. The molecule has 0 saturated heterocycles. The molecule has 0 atom stereocenters. The van der Waals surface area contributed by atoms with Crippen molar-refractivity contribution >= 4 is 23.0 Å². The molecule has 0 radical (unpaired) electrons. The van der Waals surface area contributed by atoms with E-state index in [9.17, 15) is 18.9 Å². The second-order valence-corrected chi connectivity index (χ2v) is 4.40. The molecule has 0 aliphatic heterocycles. The Hall–Kier alpha value is -2.21. The Morgan fingerprint density at radius 3 is 2.65 bits per heavy atom. The van der Waals surface area contributed by atoms with Crippen LogP contribution in [0.4, 0.5) is 20.2 Å². The van der Waals surface area contributed by atoms with Gasteiger partial charge in [0.2, 0.25) is 5.82 Å². The Morgan fingerprint density at radius 2 is 2.00 bits per heavy atom. The summed E-state index contributed by atoms with van der Waals surface area (Å²) in [5, 5.41) is 13.2. The lowest BCUT2D eigenvalue weighted by molar-refractivity contribution is -0.387. The van der Waals surface area contributed by atoms with Gasteiger partial charge in [-0.1, -0.05) is 23.7 Å². The Balaban J connectivity index is 2.13. The fourth-order valence-corrected chi connectivity index (χ4v) is 1.84. The normalized spacial score (nSPS) is 10.3. The van der Waals surface area contributed by atoms with Crippen LogP contribution in [0.25, 0.3) is 0 Å². The lowest BCUT2D eigenvalue weighted by Crippen LogP contribution is -2.03. The van der Waals surface area contributed by atoms with E-state index in [1.807, 2.05) is 0 Å². The Morgan fingerprint density at radius 1 is 1.25 bits per heavy atom. The zero-order valence-electron chi connectivity index (χ0n) is 10.1. The third-order valence-corrected chi connectivity index (χ3v) is 2.95. The van der Waals surface area contributed by atoms with Crippen molar-refractivity contribution in [2.45, 2.75) is 6.54 Å². The maximum Gasteiger partial charge on any atom is 0.304 e.